The lowest BCUT2D eigenvalue weighted by Crippen LogP contribution is -1.90. The number of benzene rings is 2. The van der Waals surface area contributed by atoms with Crippen molar-refractivity contribution in [2.45, 2.75) is 13.8 Å². The second-order valence-corrected chi connectivity index (χ2v) is 5.56. The van der Waals surface area contributed by atoms with Crippen LogP contribution in [0.15, 0.2) is 36.4 Å². The van der Waals surface area contributed by atoms with Crippen molar-refractivity contribution in [3.8, 4) is 10.6 Å². The Morgan fingerprint density at radius 1 is 1.11 bits per heavy atom. The number of aromatic nitrogens is 1. The van der Waals surface area contributed by atoms with Crippen LogP contribution in [0.3, 0.4) is 0 Å². The topological polar surface area (TPSA) is 38.9 Å². The van der Waals surface area contributed by atoms with Gasteiger partial charge in [0.1, 0.15) is 5.01 Å². The third-order valence-corrected chi connectivity index (χ3v) is 4.11. The summed E-state index contributed by atoms with van der Waals surface area (Å²) in [6.45, 7) is 4.16. The predicted molar refractivity (Wildman–Crippen MR) is 78.9 cm³/mol. The van der Waals surface area contributed by atoms with Gasteiger partial charge in [-0.25, -0.2) is 4.98 Å². The van der Waals surface area contributed by atoms with Crippen molar-refractivity contribution in [2.75, 3.05) is 5.73 Å². The van der Waals surface area contributed by atoms with Crippen LogP contribution in [0.4, 0.5) is 5.69 Å². The van der Waals surface area contributed by atoms with Gasteiger partial charge in [-0.3, -0.25) is 0 Å². The van der Waals surface area contributed by atoms with Gasteiger partial charge in [-0.1, -0.05) is 23.8 Å². The monoisotopic (exact) mass is 254 g/mol. The summed E-state index contributed by atoms with van der Waals surface area (Å²) in [5.41, 5.74) is 11.4. The number of hydrogen-bond donors (Lipinski definition) is 1. The van der Waals surface area contributed by atoms with Crippen LogP contribution in [0.1, 0.15) is 11.1 Å². The zero-order valence-corrected chi connectivity index (χ0v) is 11.2. The molecule has 2 nitrogen and oxygen atoms in total. The lowest BCUT2D eigenvalue weighted by atomic mass is 10.1. The first-order chi connectivity index (χ1) is 8.65. The Hall–Kier alpha value is -1.87. The van der Waals surface area contributed by atoms with Crippen molar-refractivity contribution in [3.63, 3.8) is 0 Å². The third-order valence-electron chi connectivity index (χ3n) is 3.06. The number of hydrogen-bond acceptors (Lipinski definition) is 3. The van der Waals surface area contributed by atoms with Crippen molar-refractivity contribution in [1.29, 1.82) is 0 Å². The van der Waals surface area contributed by atoms with E-state index in [2.05, 4.69) is 38.1 Å². The number of nitrogens with zero attached hydrogens (tertiary/aromatic N) is 1. The Bertz CT molecular complexity index is 728. The molecule has 0 saturated heterocycles. The lowest BCUT2D eigenvalue weighted by Gasteiger charge is -2.02. The molecule has 2 aromatic carbocycles. The fourth-order valence-corrected chi connectivity index (χ4v) is 3.14. The summed E-state index contributed by atoms with van der Waals surface area (Å²) >= 11 is 1.70. The Balaban J connectivity index is 2.26. The number of thiazole rings is 1. The fourth-order valence-electron chi connectivity index (χ4n) is 2.06. The van der Waals surface area contributed by atoms with E-state index in [9.17, 15) is 0 Å². The molecule has 1 heterocycles. The molecule has 0 atom stereocenters. The maximum atomic E-state index is 6.05. The van der Waals surface area contributed by atoms with Gasteiger partial charge in [0.2, 0.25) is 0 Å². The average Bonchev–Trinajstić information content (AvgIpc) is 2.77. The minimum atomic E-state index is 0.789. The van der Waals surface area contributed by atoms with E-state index in [1.165, 1.54) is 15.8 Å². The highest BCUT2D eigenvalue weighted by atomic mass is 32.1. The molecule has 3 aromatic rings. The molecule has 90 valence electrons. The molecule has 0 amide bonds. The highest BCUT2D eigenvalue weighted by molar-refractivity contribution is 7.21. The first-order valence-electron chi connectivity index (χ1n) is 5.88. The Morgan fingerprint density at radius 2 is 1.94 bits per heavy atom. The average molecular weight is 254 g/mol. The summed E-state index contributed by atoms with van der Waals surface area (Å²) in [6.07, 6.45) is 0. The van der Waals surface area contributed by atoms with E-state index in [4.69, 9.17) is 10.7 Å². The summed E-state index contributed by atoms with van der Waals surface area (Å²) in [5, 5.41) is 1.00. The number of fused-ring (bicyclic) bond motifs is 1. The fraction of sp³-hybridized carbons (Fsp3) is 0.133. The highest BCUT2D eigenvalue weighted by Gasteiger charge is 2.10. The van der Waals surface area contributed by atoms with Gasteiger partial charge in [0, 0.05) is 11.3 Å². The molecule has 18 heavy (non-hydrogen) atoms. The number of anilines is 1. The molecule has 0 fully saturated rings. The molecular weight excluding hydrogens is 240 g/mol. The molecule has 0 spiro atoms. The van der Waals surface area contributed by atoms with Gasteiger partial charge in [0.25, 0.3) is 0 Å². The summed E-state index contributed by atoms with van der Waals surface area (Å²) in [6, 6.07) is 12.3. The molecule has 0 unspecified atom stereocenters. The molecule has 0 saturated carbocycles. The zero-order chi connectivity index (χ0) is 12.7. The third kappa shape index (κ3) is 1.77. The summed E-state index contributed by atoms with van der Waals surface area (Å²) < 4.78 is 1.21. The first-order valence-corrected chi connectivity index (χ1v) is 6.69. The molecular formula is C15H14N2S. The van der Waals surface area contributed by atoms with Crippen LogP contribution in [-0.4, -0.2) is 4.98 Å². The Morgan fingerprint density at radius 3 is 2.72 bits per heavy atom. The van der Waals surface area contributed by atoms with E-state index >= 15 is 0 Å². The number of aryl methyl sites for hydroxylation is 2. The van der Waals surface area contributed by atoms with Gasteiger partial charge in [-0.2, -0.15) is 0 Å². The normalized spacial score (nSPS) is 11.0. The maximum Gasteiger partial charge on any atom is 0.126 e. The van der Waals surface area contributed by atoms with Crippen molar-refractivity contribution < 1.29 is 0 Å². The number of rotatable bonds is 1. The van der Waals surface area contributed by atoms with Crippen molar-refractivity contribution in [1.82, 2.24) is 4.98 Å². The summed E-state index contributed by atoms with van der Waals surface area (Å²) in [7, 11) is 0. The van der Waals surface area contributed by atoms with Crippen LogP contribution in [0.5, 0.6) is 0 Å². The number of nitrogen functional groups attached to an aromatic ring is 1. The number of nitrogens with two attached hydrogens (primary N) is 1. The van der Waals surface area contributed by atoms with Crippen LogP contribution < -0.4 is 5.73 Å². The first kappa shape index (κ1) is 11.2. The molecule has 0 radical (unpaired) electrons. The maximum absolute atomic E-state index is 6.05. The van der Waals surface area contributed by atoms with E-state index in [0.29, 0.717) is 0 Å². The van der Waals surface area contributed by atoms with Crippen LogP contribution in [0.25, 0.3) is 20.8 Å². The van der Waals surface area contributed by atoms with Crippen LogP contribution in [0, 0.1) is 13.8 Å². The minimum absolute atomic E-state index is 0.789. The van der Waals surface area contributed by atoms with Crippen LogP contribution >= 0.6 is 11.3 Å². The smallest absolute Gasteiger partial charge is 0.126 e. The SMILES string of the molecule is Cc1ccc(N)c(-c2nc3c(C)cccc3s2)c1. The molecule has 2 N–H and O–H groups in total. The molecule has 3 rings (SSSR count). The second-order valence-electron chi connectivity index (χ2n) is 4.53. The van der Waals surface area contributed by atoms with E-state index in [-0.39, 0.29) is 0 Å². The molecule has 1 aromatic heterocycles. The van der Waals surface area contributed by atoms with Crippen LogP contribution in [-0.2, 0) is 0 Å². The van der Waals surface area contributed by atoms with Crippen LogP contribution in [0.2, 0.25) is 0 Å². The minimum Gasteiger partial charge on any atom is -0.398 e. The van der Waals surface area contributed by atoms with Gasteiger partial charge in [-0.05, 0) is 37.6 Å². The van der Waals surface area contributed by atoms with Crippen molar-refractivity contribution in [3.05, 3.63) is 47.5 Å². The largest absolute Gasteiger partial charge is 0.398 e. The van der Waals surface area contributed by atoms with E-state index in [1.807, 2.05) is 12.1 Å². The van der Waals surface area contributed by atoms with Crippen molar-refractivity contribution >= 4 is 27.2 Å². The zero-order valence-electron chi connectivity index (χ0n) is 10.4. The molecule has 0 bridgehead atoms. The van der Waals surface area contributed by atoms with Gasteiger partial charge in [0.15, 0.2) is 0 Å². The summed E-state index contributed by atoms with van der Waals surface area (Å²) in [5.74, 6) is 0. The summed E-state index contributed by atoms with van der Waals surface area (Å²) in [4.78, 5) is 4.72. The second kappa shape index (κ2) is 4.10. The van der Waals surface area contributed by atoms with Gasteiger partial charge >= 0.3 is 0 Å². The molecule has 3 heteroatoms. The molecule has 0 aliphatic carbocycles. The van der Waals surface area contributed by atoms with Gasteiger partial charge in [0.05, 0.1) is 10.2 Å². The highest BCUT2D eigenvalue weighted by Crippen LogP contribution is 2.34. The van der Waals surface area contributed by atoms with E-state index in [1.54, 1.807) is 11.3 Å². The molecule has 0 aliphatic rings. The van der Waals surface area contributed by atoms with Crippen molar-refractivity contribution in [2.24, 2.45) is 0 Å². The predicted octanol–water partition coefficient (Wildman–Crippen LogP) is 4.16. The Kier molecular flexibility index (Phi) is 2.56. The lowest BCUT2D eigenvalue weighted by molar-refractivity contribution is 1.40. The molecule has 0 aliphatic heterocycles. The quantitative estimate of drug-likeness (QED) is 0.662. The van der Waals surface area contributed by atoms with Gasteiger partial charge < -0.3 is 5.73 Å². The van der Waals surface area contributed by atoms with E-state index < -0.39 is 0 Å². The standard InChI is InChI=1S/C15H14N2S/c1-9-6-7-12(16)11(8-9)15-17-14-10(2)4-3-5-13(14)18-15/h3-8H,16H2,1-2H3. The van der Waals surface area contributed by atoms with Gasteiger partial charge in [-0.15, -0.1) is 11.3 Å². The van der Waals surface area contributed by atoms with E-state index in [0.717, 1.165) is 21.8 Å². The number of para-hydroxylation sites is 1. The Labute approximate surface area is 110 Å².